The van der Waals surface area contributed by atoms with E-state index >= 15 is 0 Å². The van der Waals surface area contributed by atoms with Crippen molar-refractivity contribution in [3.8, 4) is 5.75 Å². The fourth-order valence-corrected chi connectivity index (χ4v) is 3.26. The fourth-order valence-electron chi connectivity index (χ4n) is 3.26. The number of rotatable bonds is 2. The summed E-state index contributed by atoms with van der Waals surface area (Å²) in [7, 11) is 0. The van der Waals surface area contributed by atoms with E-state index in [-0.39, 0.29) is 0 Å². The van der Waals surface area contributed by atoms with E-state index in [2.05, 4.69) is 36.1 Å². The number of phenols is 1. The monoisotopic (exact) mass is 269 g/mol. The van der Waals surface area contributed by atoms with E-state index in [0.29, 0.717) is 11.8 Å². The first kappa shape index (κ1) is 13.4. The molecule has 20 heavy (non-hydrogen) atoms. The summed E-state index contributed by atoms with van der Waals surface area (Å²) in [5.74, 6) is 0.431. The SMILES string of the molecule is CC1CCCCCN1Cc1c(O)ccc2ccccc12. The smallest absolute Gasteiger partial charge is 0.120 e. The maximum atomic E-state index is 10.3. The van der Waals surface area contributed by atoms with Crippen molar-refractivity contribution >= 4 is 10.8 Å². The van der Waals surface area contributed by atoms with Crippen LogP contribution in [0.1, 0.15) is 38.2 Å². The lowest BCUT2D eigenvalue weighted by atomic mass is 10.0. The van der Waals surface area contributed by atoms with Crippen LogP contribution in [-0.4, -0.2) is 22.6 Å². The third-order valence-electron chi connectivity index (χ3n) is 4.57. The van der Waals surface area contributed by atoms with Crippen LogP contribution in [0.15, 0.2) is 36.4 Å². The molecule has 2 nitrogen and oxygen atoms in total. The van der Waals surface area contributed by atoms with Crippen molar-refractivity contribution in [3.05, 3.63) is 42.0 Å². The number of phenolic OH excluding ortho intramolecular Hbond substituents is 1. The lowest BCUT2D eigenvalue weighted by Gasteiger charge is -2.27. The maximum absolute atomic E-state index is 10.3. The molecule has 106 valence electrons. The summed E-state index contributed by atoms with van der Waals surface area (Å²) < 4.78 is 0. The molecule has 0 spiro atoms. The van der Waals surface area contributed by atoms with Gasteiger partial charge in [0.2, 0.25) is 0 Å². The van der Waals surface area contributed by atoms with Crippen LogP contribution in [0.4, 0.5) is 0 Å². The van der Waals surface area contributed by atoms with E-state index in [9.17, 15) is 5.11 Å². The van der Waals surface area contributed by atoms with Crippen molar-refractivity contribution in [1.82, 2.24) is 4.90 Å². The minimum Gasteiger partial charge on any atom is -0.508 e. The Morgan fingerprint density at radius 2 is 1.95 bits per heavy atom. The Morgan fingerprint density at radius 3 is 2.85 bits per heavy atom. The average Bonchev–Trinajstić information content (AvgIpc) is 2.67. The highest BCUT2D eigenvalue weighted by atomic mass is 16.3. The highest BCUT2D eigenvalue weighted by molar-refractivity contribution is 5.87. The summed E-state index contributed by atoms with van der Waals surface area (Å²) in [6.07, 6.45) is 5.21. The molecule has 0 aliphatic carbocycles. The zero-order chi connectivity index (χ0) is 13.9. The topological polar surface area (TPSA) is 23.5 Å². The van der Waals surface area contributed by atoms with E-state index < -0.39 is 0 Å². The van der Waals surface area contributed by atoms with Gasteiger partial charge in [-0.3, -0.25) is 4.90 Å². The molecule has 0 amide bonds. The molecule has 3 rings (SSSR count). The summed E-state index contributed by atoms with van der Waals surface area (Å²) in [4.78, 5) is 2.52. The van der Waals surface area contributed by atoms with Gasteiger partial charge in [0.1, 0.15) is 5.75 Å². The second-order valence-electron chi connectivity index (χ2n) is 5.95. The second kappa shape index (κ2) is 5.84. The average molecular weight is 269 g/mol. The normalized spacial score (nSPS) is 20.9. The van der Waals surface area contributed by atoms with Gasteiger partial charge in [0.25, 0.3) is 0 Å². The number of benzene rings is 2. The van der Waals surface area contributed by atoms with E-state index in [1.165, 1.54) is 36.5 Å². The predicted molar refractivity (Wildman–Crippen MR) is 84.0 cm³/mol. The molecule has 1 aliphatic rings. The van der Waals surface area contributed by atoms with Gasteiger partial charge in [0.15, 0.2) is 0 Å². The molecule has 1 unspecified atom stereocenters. The van der Waals surface area contributed by atoms with E-state index in [0.717, 1.165) is 18.7 Å². The standard InChI is InChI=1S/C18H23NO/c1-14-7-3-2-6-12-19(14)13-17-16-9-5-4-8-15(16)10-11-18(17)20/h4-5,8-11,14,20H,2-3,6-7,12-13H2,1H3. The first-order valence-corrected chi connectivity index (χ1v) is 7.69. The molecule has 0 saturated carbocycles. The number of hydrogen-bond acceptors (Lipinski definition) is 2. The summed E-state index contributed by atoms with van der Waals surface area (Å²) in [5, 5.41) is 12.7. The maximum Gasteiger partial charge on any atom is 0.120 e. The van der Waals surface area contributed by atoms with Gasteiger partial charge in [-0.25, -0.2) is 0 Å². The van der Waals surface area contributed by atoms with Crippen molar-refractivity contribution in [3.63, 3.8) is 0 Å². The lowest BCUT2D eigenvalue weighted by molar-refractivity contribution is 0.203. The quantitative estimate of drug-likeness (QED) is 0.878. The van der Waals surface area contributed by atoms with Gasteiger partial charge >= 0.3 is 0 Å². The molecule has 2 heteroatoms. The van der Waals surface area contributed by atoms with E-state index in [4.69, 9.17) is 0 Å². The third-order valence-corrected chi connectivity index (χ3v) is 4.57. The molecule has 0 radical (unpaired) electrons. The molecular weight excluding hydrogens is 246 g/mol. The van der Waals surface area contributed by atoms with Crippen LogP contribution in [0.5, 0.6) is 5.75 Å². The molecule has 1 heterocycles. The van der Waals surface area contributed by atoms with Gasteiger partial charge in [-0.1, -0.05) is 43.2 Å². The second-order valence-corrected chi connectivity index (χ2v) is 5.95. The number of nitrogens with zero attached hydrogens (tertiary/aromatic N) is 1. The van der Waals surface area contributed by atoms with Crippen molar-refractivity contribution in [2.45, 2.75) is 45.2 Å². The van der Waals surface area contributed by atoms with Gasteiger partial charge in [0.05, 0.1) is 0 Å². The Balaban J connectivity index is 1.95. The fraction of sp³-hybridized carbons (Fsp3) is 0.444. The summed E-state index contributed by atoms with van der Waals surface area (Å²) in [6.45, 7) is 4.31. The zero-order valence-corrected chi connectivity index (χ0v) is 12.2. The molecule has 1 aliphatic heterocycles. The van der Waals surface area contributed by atoms with Crippen LogP contribution in [0.3, 0.4) is 0 Å². The van der Waals surface area contributed by atoms with Crippen LogP contribution >= 0.6 is 0 Å². The van der Waals surface area contributed by atoms with E-state index in [1.54, 1.807) is 0 Å². The number of hydrogen-bond donors (Lipinski definition) is 1. The zero-order valence-electron chi connectivity index (χ0n) is 12.2. The van der Waals surface area contributed by atoms with Gasteiger partial charge in [0, 0.05) is 18.2 Å². The third kappa shape index (κ3) is 2.66. The van der Waals surface area contributed by atoms with E-state index in [1.807, 2.05) is 12.1 Å². The minimum atomic E-state index is 0.431. The number of likely N-dealkylation sites (tertiary alicyclic amines) is 1. The van der Waals surface area contributed by atoms with Gasteiger partial charge < -0.3 is 5.11 Å². The highest BCUT2D eigenvalue weighted by Gasteiger charge is 2.19. The molecule has 2 aromatic carbocycles. The molecule has 1 fully saturated rings. The summed E-state index contributed by atoms with van der Waals surface area (Å²) in [6, 6.07) is 12.8. The molecule has 2 aromatic rings. The molecule has 1 N–H and O–H groups in total. The van der Waals surface area contributed by atoms with Crippen LogP contribution in [0, 0.1) is 0 Å². The molecular formula is C18H23NO. The Kier molecular flexibility index (Phi) is 3.93. The van der Waals surface area contributed by atoms with Crippen molar-refractivity contribution in [1.29, 1.82) is 0 Å². The Morgan fingerprint density at radius 1 is 1.10 bits per heavy atom. The summed E-state index contributed by atoms with van der Waals surface area (Å²) in [5.41, 5.74) is 1.08. The number of fused-ring (bicyclic) bond motifs is 1. The minimum absolute atomic E-state index is 0.431. The number of aromatic hydroxyl groups is 1. The van der Waals surface area contributed by atoms with Crippen LogP contribution in [0.2, 0.25) is 0 Å². The lowest BCUT2D eigenvalue weighted by Crippen LogP contribution is -2.32. The first-order valence-electron chi connectivity index (χ1n) is 7.69. The Labute approximate surface area is 121 Å². The van der Waals surface area contributed by atoms with Crippen molar-refractivity contribution in [2.75, 3.05) is 6.54 Å². The van der Waals surface area contributed by atoms with Crippen LogP contribution < -0.4 is 0 Å². The van der Waals surface area contributed by atoms with Crippen LogP contribution in [0.25, 0.3) is 10.8 Å². The Hall–Kier alpha value is -1.54. The molecule has 1 saturated heterocycles. The van der Waals surface area contributed by atoms with Crippen LogP contribution in [-0.2, 0) is 6.54 Å². The largest absolute Gasteiger partial charge is 0.508 e. The summed E-state index contributed by atoms with van der Waals surface area (Å²) >= 11 is 0. The highest BCUT2D eigenvalue weighted by Crippen LogP contribution is 2.30. The van der Waals surface area contributed by atoms with Gasteiger partial charge in [-0.15, -0.1) is 0 Å². The molecule has 0 aromatic heterocycles. The van der Waals surface area contributed by atoms with Gasteiger partial charge in [-0.05, 0) is 43.1 Å². The van der Waals surface area contributed by atoms with Crippen molar-refractivity contribution < 1.29 is 5.11 Å². The molecule has 0 bridgehead atoms. The molecule has 1 atom stereocenters. The first-order chi connectivity index (χ1) is 9.75. The predicted octanol–water partition coefficient (Wildman–Crippen LogP) is 4.31. The van der Waals surface area contributed by atoms with Crippen molar-refractivity contribution in [2.24, 2.45) is 0 Å². The Bertz CT molecular complexity index is 593. The van der Waals surface area contributed by atoms with Gasteiger partial charge in [-0.2, -0.15) is 0 Å².